The smallest absolute Gasteiger partial charge is 0.332 e. The zero-order valence-electron chi connectivity index (χ0n) is 8.84. The zero-order chi connectivity index (χ0) is 11.5. The second kappa shape index (κ2) is 4.06. The summed E-state index contributed by atoms with van der Waals surface area (Å²) >= 11 is 0. The first kappa shape index (κ1) is 10.2. The van der Waals surface area contributed by atoms with Gasteiger partial charge in [-0.05, 0) is 6.07 Å². The average Bonchev–Trinajstić information content (AvgIpc) is 2.57. The Morgan fingerprint density at radius 1 is 1.50 bits per heavy atom. The van der Waals surface area contributed by atoms with Crippen LogP contribution in [0.15, 0.2) is 35.6 Å². The Morgan fingerprint density at radius 2 is 2.25 bits per heavy atom. The molecule has 16 heavy (non-hydrogen) atoms. The van der Waals surface area contributed by atoms with E-state index in [4.69, 9.17) is 5.73 Å². The number of hydrogen-bond acceptors (Lipinski definition) is 2. The summed E-state index contributed by atoms with van der Waals surface area (Å²) in [6.45, 7) is 0. The summed E-state index contributed by atoms with van der Waals surface area (Å²) in [6, 6.07) is 7.29. The summed E-state index contributed by atoms with van der Waals surface area (Å²) in [5, 5.41) is 4.83. The lowest BCUT2D eigenvalue weighted by atomic mass is 10.2. The standard InChI is InChI=1S/C11H12N4O/c1-15-7-8(6-13-14-11(12)16)9-4-2-3-5-10(9)15/h2-7H,1H3,(H3,12,14,16)/b13-6+. The van der Waals surface area contributed by atoms with Crippen LogP contribution in [-0.4, -0.2) is 16.8 Å². The predicted molar refractivity (Wildman–Crippen MR) is 63.2 cm³/mol. The first-order valence-electron chi connectivity index (χ1n) is 4.81. The predicted octanol–water partition coefficient (Wildman–Crippen LogP) is 1.18. The van der Waals surface area contributed by atoms with Crippen molar-refractivity contribution < 1.29 is 4.79 Å². The lowest BCUT2D eigenvalue weighted by Crippen LogP contribution is -2.24. The zero-order valence-corrected chi connectivity index (χ0v) is 8.84. The molecule has 0 radical (unpaired) electrons. The molecule has 1 aromatic carbocycles. The molecule has 5 heteroatoms. The van der Waals surface area contributed by atoms with Crippen LogP contribution in [-0.2, 0) is 7.05 Å². The molecule has 0 bridgehead atoms. The van der Waals surface area contributed by atoms with E-state index in [0.29, 0.717) is 0 Å². The Kier molecular flexibility index (Phi) is 2.59. The van der Waals surface area contributed by atoms with Crippen molar-refractivity contribution in [1.82, 2.24) is 9.99 Å². The normalized spacial score (nSPS) is 11.1. The molecule has 0 saturated carbocycles. The number of primary amides is 1. The molecule has 0 atom stereocenters. The van der Waals surface area contributed by atoms with E-state index in [1.165, 1.54) is 0 Å². The van der Waals surface area contributed by atoms with E-state index < -0.39 is 6.03 Å². The highest BCUT2D eigenvalue weighted by Gasteiger charge is 2.02. The van der Waals surface area contributed by atoms with Crippen LogP contribution < -0.4 is 11.2 Å². The lowest BCUT2D eigenvalue weighted by Gasteiger charge is -1.93. The van der Waals surface area contributed by atoms with Crippen LogP contribution in [0.25, 0.3) is 10.9 Å². The third-order valence-electron chi connectivity index (χ3n) is 2.31. The highest BCUT2D eigenvalue weighted by atomic mass is 16.2. The summed E-state index contributed by atoms with van der Waals surface area (Å²) < 4.78 is 2.00. The molecule has 0 aliphatic carbocycles. The largest absolute Gasteiger partial charge is 0.350 e. The Balaban J connectivity index is 2.38. The summed E-state index contributed by atoms with van der Waals surface area (Å²) in [5.41, 5.74) is 9.12. The molecule has 3 N–H and O–H groups in total. The molecule has 2 amide bonds. The van der Waals surface area contributed by atoms with Crippen LogP contribution in [0.5, 0.6) is 0 Å². The fraction of sp³-hybridized carbons (Fsp3) is 0.0909. The number of hydrogen-bond donors (Lipinski definition) is 2. The van der Waals surface area contributed by atoms with Gasteiger partial charge in [0.05, 0.1) is 6.21 Å². The van der Waals surface area contributed by atoms with Gasteiger partial charge in [-0.2, -0.15) is 5.10 Å². The first-order valence-corrected chi connectivity index (χ1v) is 4.81. The van der Waals surface area contributed by atoms with Gasteiger partial charge in [0.15, 0.2) is 0 Å². The molecular formula is C11H12N4O. The number of fused-ring (bicyclic) bond motifs is 1. The summed E-state index contributed by atoms with van der Waals surface area (Å²) in [6.07, 6.45) is 3.52. The second-order valence-electron chi connectivity index (χ2n) is 3.45. The molecule has 0 aliphatic heterocycles. The number of nitrogens with two attached hydrogens (primary N) is 1. The highest BCUT2D eigenvalue weighted by molar-refractivity contribution is 5.99. The van der Waals surface area contributed by atoms with E-state index in [-0.39, 0.29) is 0 Å². The fourth-order valence-electron chi connectivity index (χ4n) is 1.64. The number of nitrogens with zero attached hydrogens (tertiary/aromatic N) is 2. The number of carbonyl (C=O) groups is 1. The molecule has 1 aromatic heterocycles. The molecule has 2 rings (SSSR count). The molecule has 0 fully saturated rings. The minimum Gasteiger partial charge on any atom is -0.350 e. The Hall–Kier alpha value is -2.30. The summed E-state index contributed by atoms with van der Waals surface area (Å²) in [5.74, 6) is 0. The van der Waals surface area contributed by atoms with Gasteiger partial charge in [-0.25, -0.2) is 10.2 Å². The van der Waals surface area contributed by atoms with Crippen LogP contribution in [0.2, 0.25) is 0 Å². The van der Waals surface area contributed by atoms with Crippen LogP contribution >= 0.6 is 0 Å². The van der Waals surface area contributed by atoms with E-state index in [2.05, 4.69) is 10.5 Å². The fourth-order valence-corrected chi connectivity index (χ4v) is 1.64. The van der Waals surface area contributed by atoms with Crippen LogP contribution in [0.3, 0.4) is 0 Å². The maximum absolute atomic E-state index is 10.5. The van der Waals surface area contributed by atoms with Gasteiger partial charge in [-0.1, -0.05) is 18.2 Å². The van der Waals surface area contributed by atoms with Gasteiger partial charge in [0, 0.05) is 29.7 Å². The number of rotatable bonds is 2. The van der Waals surface area contributed by atoms with Crippen molar-refractivity contribution in [2.24, 2.45) is 17.9 Å². The number of benzene rings is 1. The minimum atomic E-state index is -0.670. The molecule has 2 aromatic rings. The lowest BCUT2D eigenvalue weighted by molar-refractivity contribution is 0.249. The molecule has 5 nitrogen and oxygen atoms in total. The van der Waals surface area contributed by atoms with Crippen molar-refractivity contribution in [3.05, 3.63) is 36.0 Å². The van der Waals surface area contributed by atoms with Crippen LogP contribution in [0, 0.1) is 0 Å². The first-order chi connectivity index (χ1) is 7.68. The van der Waals surface area contributed by atoms with E-state index in [1.54, 1.807) is 6.21 Å². The maximum Gasteiger partial charge on any atom is 0.332 e. The Labute approximate surface area is 92.5 Å². The molecule has 0 unspecified atom stereocenters. The van der Waals surface area contributed by atoms with Crippen LogP contribution in [0.1, 0.15) is 5.56 Å². The summed E-state index contributed by atoms with van der Waals surface area (Å²) in [7, 11) is 1.96. The van der Waals surface area contributed by atoms with E-state index >= 15 is 0 Å². The van der Waals surface area contributed by atoms with Crippen LogP contribution in [0.4, 0.5) is 4.79 Å². The monoisotopic (exact) mass is 216 g/mol. The molecule has 82 valence electrons. The average molecular weight is 216 g/mol. The second-order valence-corrected chi connectivity index (χ2v) is 3.45. The Bertz CT molecular complexity index is 556. The summed E-state index contributed by atoms with van der Waals surface area (Å²) in [4.78, 5) is 10.5. The van der Waals surface area contributed by atoms with Gasteiger partial charge in [0.1, 0.15) is 0 Å². The van der Waals surface area contributed by atoms with Gasteiger partial charge >= 0.3 is 6.03 Å². The molecule has 1 heterocycles. The van der Waals surface area contributed by atoms with Gasteiger partial charge in [0.25, 0.3) is 0 Å². The van der Waals surface area contributed by atoms with Crippen molar-refractivity contribution in [3.8, 4) is 0 Å². The van der Waals surface area contributed by atoms with Crippen molar-refractivity contribution >= 4 is 23.1 Å². The van der Waals surface area contributed by atoms with E-state index in [9.17, 15) is 4.79 Å². The molecule has 0 spiro atoms. The molecular weight excluding hydrogens is 204 g/mol. The number of aromatic nitrogens is 1. The number of amides is 2. The number of urea groups is 1. The van der Waals surface area contributed by atoms with Gasteiger partial charge in [0.2, 0.25) is 0 Å². The number of aryl methyl sites for hydroxylation is 1. The minimum absolute atomic E-state index is 0.670. The molecule has 0 aliphatic rings. The SMILES string of the molecule is Cn1cc(/C=N/NC(N)=O)c2ccccc21. The van der Waals surface area contributed by atoms with E-state index in [1.807, 2.05) is 42.1 Å². The highest BCUT2D eigenvalue weighted by Crippen LogP contribution is 2.18. The number of carbonyl (C=O) groups excluding carboxylic acids is 1. The molecule has 0 saturated heterocycles. The Morgan fingerprint density at radius 3 is 3.00 bits per heavy atom. The third kappa shape index (κ3) is 1.88. The van der Waals surface area contributed by atoms with Gasteiger partial charge < -0.3 is 10.3 Å². The van der Waals surface area contributed by atoms with Gasteiger partial charge in [-0.3, -0.25) is 0 Å². The third-order valence-corrected chi connectivity index (χ3v) is 2.31. The van der Waals surface area contributed by atoms with Crippen molar-refractivity contribution in [2.75, 3.05) is 0 Å². The maximum atomic E-state index is 10.5. The van der Waals surface area contributed by atoms with E-state index in [0.717, 1.165) is 16.5 Å². The number of para-hydroxylation sites is 1. The van der Waals surface area contributed by atoms with Crippen molar-refractivity contribution in [2.45, 2.75) is 0 Å². The van der Waals surface area contributed by atoms with Gasteiger partial charge in [-0.15, -0.1) is 0 Å². The number of hydrazone groups is 1. The van der Waals surface area contributed by atoms with Crippen molar-refractivity contribution in [1.29, 1.82) is 0 Å². The number of nitrogens with one attached hydrogen (secondary N) is 1. The quantitative estimate of drug-likeness (QED) is 0.574. The topological polar surface area (TPSA) is 72.4 Å². The van der Waals surface area contributed by atoms with Crippen molar-refractivity contribution in [3.63, 3.8) is 0 Å².